The fourth-order valence-electron chi connectivity index (χ4n) is 10.4. The summed E-state index contributed by atoms with van der Waals surface area (Å²) in [5.74, 6) is -13.9. The average molecular weight is 1310 g/mol. The number of benzene rings is 4. The summed E-state index contributed by atoms with van der Waals surface area (Å²) in [5, 5.41) is 71.5. The molecule has 11 atom stereocenters. The molecule has 0 bridgehead atoms. The van der Waals surface area contributed by atoms with Gasteiger partial charge in [-0.1, -0.05) is 113 Å². The third-order valence-corrected chi connectivity index (χ3v) is 15.5. The van der Waals surface area contributed by atoms with Crippen LogP contribution in [-0.4, -0.2) is 175 Å². The molecule has 0 saturated carbocycles. The Kier molecular flexibility index (Phi) is 28.9. The maximum absolute atomic E-state index is 15.1. The highest BCUT2D eigenvalue weighted by Crippen LogP contribution is 2.24. The number of hydrogen-bond acceptors (Lipinski definition) is 17. The molecule has 29 nitrogen and oxygen atoms in total. The number of aliphatic hydroxyl groups excluding tert-OH is 1. The van der Waals surface area contributed by atoms with Crippen LogP contribution >= 0.6 is 0 Å². The number of aromatic hydroxyl groups is 2. The average Bonchev–Trinajstić information content (AvgIpc) is 1.50. The summed E-state index contributed by atoms with van der Waals surface area (Å²) in [6.07, 6.45) is -4.11. The highest BCUT2D eigenvalue weighted by molar-refractivity contribution is 6.00. The number of nitrogens with zero attached hydrogens (tertiary/aromatic N) is 1. The fraction of sp³-hybridized carbons (Fsp3) is 0.446. The van der Waals surface area contributed by atoms with Gasteiger partial charge in [-0.3, -0.25) is 52.7 Å². The van der Waals surface area contributed by atoms with Crippen LogP contribution in [0.2, 0.25) is 0 Å². The maximum atomic E-state index is 15.1. The second-order valence-corrected chi connectivity index (χ2v) is 23.8. The number of aliphatic hydroxyl groups is 1. The molecule has 1 aliphatic rings. The van der Waals surface area contributed by atoms with Crippen molar-refractivity contribution in [2.24, 2.45) is 29.0 Å². The van der Waals surface area contributed by atoms with Crippen molar-refractivity contribution in [1.82, 2.24) is 47.4 Å². The first-order chi connectivity index (χ1) is 44.5. The Morgan fingerprint density at radius 2 is 0.979 bits per heavy atom. The molecule has 0 aromatic heterocycles. The first kappa shape index (κ1) is 74.7. The number of phenols is 2. The molecule has 94 heavy (non-hydrogen) atoms. The number of carbonyl (C=O) groups excluding carboxylic acids is 10. The monoisotopic (exact) mass is 1310 g/mol. The predicted octanol–water partition coefficient (Wildman–Crippen LogP) is -1.07. The zero-order chi connectivity index (χ0) is 69.3. The van der Waals surface area contributed by atoms with Gasteiger partial charge in [0.2, 0.25) is 59.1 Å². The Labute approximate surface area is 543 Å². The highest BCUT2D eigenvalue weighted by atomic mass is 16.4. The van der Waals surface area contributed by atoms with Crippen LogP contribution in [0, 0.1) is 11.8 Å². The van der Waals surface area contributed by atoms with E-state index in [1.807, 2.05) is 0 Å². The van der Waals surface area contributed by atoms with E-state index in [4.69, 9.17) is 17.2 Å². The lowest BCUT2D eigenvalue weighted by Gasteiger charge is -2.32. The maximum Gasteiger partial charge on any atom is 0.326 e. The molecule has 1 saturated heterocycles. The van der Waals surface area contributed by atoms with Gasteiger partial charge in [-0.2, -0.15) is 0 Å². The number of phenolic OH excluding ortho intramolecular Hbond substituents is 2. The lowest BCUT2D eigenvalue weighted by atomic mass is 9.98. The SMILES string of the molecule is CC(C)C[C@H](NC(=O)[C@H](CCCN)NC(=O)[C@@H](N)C(C)C)C(=O)N[C@@H](Cc1ccc(O)cc1)C(=O)N1CCC[C@H]1C(=O)N[C@H](C(=O)N[C@@H](Cc1ccccc1)C(=O)N[C@@H](CC(N)=O)C(=O)N[C@@H](CC(=O)O)C(=O)N[C@@H](Cc1ccc(O)cc1)C(=O)O)C(O)c1ccccc1. The largest absolute Gasteiger partial charge is 0.508 e. The molecule has 4 aromatic carbocycles. The van der Waals surface area contributed by atoms with Crippen LogP contribution in [0.1, 0.15) is 101 Å². The quantitative estimate of drug-likeness (QED) is 0.0258. The summed E-state index contributed by atoms with van der Waals surface area (Å²) in [4.78, 5) is 167. The van der Waals surface area contributed by atoms with Crippen molar-refractivity contribution in [3.05, 3.63) is 131 Å². The van der Waals surface area contributed by atoms with Gasteiger partial charge in [-0.25, -0.2) is 4.79 Å². The van der Waals surface area contributed by atoms with Gasteiger partial charge in [0, 0.05) is 25.8 Å². The number of carboxylic acid groups (broad SMARTS) is 2. The van der Waals surface area contributed by atoms with Gasteiger partial charge in [0.05, 0.1) is 18.9 Å². The Bertz CT molecular complexity index is 3270. The first-order valence-corrected chi connectivity index (χ1v) is 30.8. The van der Waals surface area contributed by atoms with Crippen molar-refractivity contribution in [3.8, 4) is 11.5 Å². The van der Waals surface area contributed by atoms with Crippen molar-refractivity contribution >= 4 is 71.0 Å². The van der Waals surface area contributed by atoms with E-state index in [9.17, 15) is 78.3 Å². The van der Waals surface area contributed by atoms with E-state index in [2.05, 4.69) is 42.5 Å². The molecule has 5 rings (SSSR count). The van der Waals surface area contributed by atoms with Crippen LogP contribution in [0.25, 0.3) is 0 Å². The molecule has 1 unspecified atom stereocenters. The molecule has 0 spiro atoms. The lowest BCUT2D eigenvalue weighted by Crippen LogP contribution is -2.61. The molecule has 0 radical (unpaired) electrons. The minimum absolute atomic E-state index is 0.00686. The van der Waals surface area contributed by atoms with E-state index in [1.54, 1.807) is 64.1 Å². The number of carboxylic acids is 2. The Morgan fingerprint density at radius 3 is 1.50 bits per heavy atom. The van der Waals surface area contributed by atoms with E-state index in [0.29, 0.717) is 23.1 Å². The normalized spacial score (nSPS) is 16.0. The molecule has 29 heteroatoms. The number of rotatable bonds is 36. The summed E-state index contributed by atoms with van der Waals surface area (Å²) < 4.78 is 0. The summed E-state index contributed by atoms with van der Waals surface area (Å²) in [6.45, 7) is 7.22. The standard InChI is InChI=1S/C65H86N12O17/c1-35(2)29-44(70-56(84)43(17-11-27-66)69-62(90)53(68)36(3)4)57(85)74-48(31-38-19-23-41(78)24-20-38)64(92)77-28-12-18-50(77)61(89)76-54(55(83)40-15-9-6-10-16-40)63(91)73-45(30-37-13-7-5-8-14-37)58(86)71-46(33-51(67)80)59(87)72-47(34-52(81)82)60(88)75-49(65(93)94)32-39-21-25-42(79)26-22-39/h5-10,13-16,19-26,35-36,43-50,53-55,78-79,83H,11-12,17-18,27-34,66,68H2,1-4H3,(H2,67,80)(H,69,90)(H,70,84)(H,71,86)(H,72,87)(H,73,91)(H,74,85)(H,75,88)(H,76,89)(H,81,82)(H,93,94)/t43-,44-,45-,46-,47-,48-,49-,50-,53-,54-,55?/m0/s1. The van der Waals surface area contributed by atoms with Crippen molar-refractivity contribution < 1.29 is 83.1 Å². The van der Waals surface area contributed by atoms with Gasteiger partial charge >= 0.3 is 11.9 Å². The van der Waals surface area contributed by atoms with Crippen LogP contribution < -0.4 is 59.7 Å². The zero-order valence-electron chi connectivity index (χ0n) is 52.7. The Balaban J connectivity index is 1.44. The van der Waals surface area contributed by atoms with E-state index >= 15 is 4.79 Å². The molecule has 19 N–H and O–H groups in total. The van der Waals surface area contributed by atoms with Gasteiger partial charge in [0.15, 0.2) is 0 Å². The zero-order valence-corrected chi connectivity index (χ0v) is 52.7. The summed E-state index contributed by atoms with van der Waals surface area (Å²) in [6, 6.07) is 11.2. The number of amides is 10. The highest BCUT2D eigenvalue weighted by Gasteiger charge is 2.43. The van der Waals surface area contributed by atoms with Gasteiger partial charge < -0.3 is 90.2 Å². The predicted molar refractivity (Wildman–Crippen MR) is 340 cm³/mol. The van der Waals surface area contributed by atoms with E-state index in [1.165, 1.54) is 77.7 Å². The number of aliphatic carboxylic acids is 2. The van der Waals surface area contributed by atoms with Crippen LogP contribution in [0.15, 0.2) is 109 Å². The van der Waals surface area contributed by atoms with Gasteiger partial charge in [0.1, 0.15) is 72.0 Å². The molecule has 1 heterocycles. The van der Waals surface area contributed by atoms with Crippen molar-refractivity contribution in [2.75, 3.05) is 13.1 Å². The summed E-state index contributed by atoms with van der Waals surface area (Å²) in [5.41, 5.74) is 18.7. The molecule has 0 aliphatic carbocycles. The van der Waals surface area contributed by atoms with E-state index in [-0.39, 0.29) is 86.9 Å². The van der Waals surface area contributed by atoms with E-state index in [0.717, 1.165) is 0 Å². The summed E-state index contributed by atoms with van der Waals surface area (Å²) >= 11 is 0. The minimum atomic E-state index is -2.01. The van der Waals surface area contributed by atoms with Crippen molar-refractivity contribution in [3.63, 3.8) is 0 Å². The van der Waals surface area contributed by atoms with Gasteiger partial charge in [0.25, 0.3) is 0 Å². The molecule has 508 valence electrons. The number of nitrogens with one attached hydrogen (secondary N) is 8. The van der Waals surface area contributed by atoms with Crippen molar-refractivity contribution in [1.29, 1.82) is 0 Å². The molecular formula is C65H86N12O17. The number of nitrogens with two attached hydrogens (primary N) is 3. The third-order valence-electron chi connectivity index (χ3n) is 15.5. The Morgan fingerprint density at radius 1 is 0.532 bits per heavy atom. The van der Waals surface area contributed by atoms with Crippen LogP contribution in [0.4, 0.5) is 0 Å². The minimum Gasteiger partial charge on any atom is -0.508 e. The van der Waals surface area contributed by atoms with Crippen LogP contribution in [0.5, 0.6) is 11.5 Å². The number of hydrogen-bond donors (Lipinski definition) is 16. The third kappa shape index (κ3) is 23.3. The topological polar surface area (TPSA) is 484 Å². The van der Waals surface area contributed by atoms with Gasteiger partial charge in [-0.15, -0.1) is 0 Å². The molecular weight excluding hydrogens is 1220 g/mol. The smallest absolute Gasteiger partial charge is 0.326 e. The van der Waals surface area contributed by atoms with Crippen molar-refractivity contribution in [2.45, 2.75) is 158 Å². The van der Waals surface area contributed by atoms with E-state index < -0.39 is 150 Å². The molecule has 10 amide bonds. The second-order valence-electron chi connectivity index (χ2n) is 23.8. The fourth-order valence-corrected chi connectivity index (χ4v) is 10.4. The lowest BCUT2D eigenvalue weighted by molar-refractivity contribution is -0.144. The summed E-state index contributed by atoms with van der Waals surface area (Å²) in [7, 11) is 0. The Hall–Kier alpha value is -10.0. The van der Waals surface area contributed by atoms with Crippen LogP contribution in [0.3, 0.4) is 0 Å². The van der Waals surface area contributed by atoms with Gasteiger partial charge in [-0.05, 0) is 97.0 Å². The molecule has 1 fully saturated rings. The number of carbonyl (C=O) groups is 12. The number of likely N-dealkylation sites (tertiary alicyclic amines) is 1. The first-order valence-electron chi connectivity index (χ1n) is 30.8. The van der Waals surface area contributed by atoms with Crippen LogP contribution in [-0.2, 0) is 76.8 Å². The second kappa shape index (κ2) is 36.3. The number of primary amides is 1. The molecule has 1 aliphatic heterocycles. The molecule has 4 aromatic rings.